The molecule has 0 spiro atoms. The van der Waals surface area contributed by atoms with E-state index in [4.69, 9.17) is 8.83 Å². The van der Waals surface area contributed by atoms with Crippen LogP contribution in [0.1, 0.15) is 137 Å². The average molecular weight is 1000 g/mol. The van der Waals surface area contributed by atoms with Crippen LogP contribution in [-0.2, 0) is 5.41 Å². The van der Waals surface area contributed by atoms with Crippen molar-refractivity contribution in [1.82, 2.24) is 4.86 Å². The van der Waals surface area contributed by atoms with Crippen molar-refractivity contribution in [2.75, 3.05) is 6.16 Å². The van der Waals surface area contributed by atoms with E-state index in [1.165, 1.54) is 146 Å². The molecule has 2 heterocycles. The van der Waals surface area contributed by atoms with Gasteiger partial charge in [0.05, 0.1) is 16.1 Å². The Morgan fingerprint density at radius 1 is 0.429 bits per heavy atom. The molecule has 2 aromatic heterocycles. The van der Waals surface area contributed by atoms with Crippen molar-refractivity contribution in [3.8, 4) is 0 Å². The van der Waals surface area contributed by atoms with Crippen molar-refractivity contribution < 1.29 is 8.83 Å². The zero-order valence-corrected chi connectivity index (χ0v) is 47.8. The lowest BCUT2D eigenvalue weighted by molar-refractivity contribution is 0.597. The van der Waals surface area contributed by atoms with Crippen molar-refractivity contribution in [2.45, 2.75) is 167 Å². The third kappa shape index (κ3) is 11.2. The summed E-state index contributed by atoms with van der Waals surface area (Å²) in [5, 5.41) is 10.9. The van der Waals surface area contributed by atoms with Gasteiger partial charge >= 0.3 is 0 Å². The van der Waals surface area contributed by atoms with Gasteiger partial charge in [-0.1, -0.05) is 293 Å². The predicted molar refractivity (Wildman–Crippen MR) is 318 cm³/mol. The normalized spacial score (nSPS) is 12.9. The summed E-state index contributed by atoms with van der Waals surface area (Å²) in [4.78, 5) is 4.37. The lowest BCUT2D eigenvalue weighted by atomic mass is 9.76. The molecular formula is C63H83NO2P2Si2. The summed E-state index contributed by atoms with van der Waals surface area (Å²) < 4.78 is 13.7. The SMILES string of the molecule is CCCC[Si](CCCC)(CCCC)c1ccc(P(NPCC(C)(c2cccc3c2oc2ccccc23)c2cccc3c2oc2ccccc23)c2ccc([Si](CCCC)(CCCC)CCCC)cc2)cc1. The van der Waals surface area contributed by atoms with E-state index in [1.807, 2.05) is 0 Å². The fourth-order valence-electron chi connectivity index (χ4n) is 11.9. The summed E-state index contributed by atoms with van der Waals surface area (Å²) in [7, 11) is -3.70. The van der Waals surface area contributed by atoms with Crippen LogP contribution in [-0.4, -0.2) is 22.3 Å². The Kier molecular flexibility index (Phi) is 18.5. The highest BCUT2D eigenvalue weighted by molar-refractivity contribution is 7.76. The third-order valence-corrected chi connectivity index (χ3v) is 31.2. The largest absolute Gasteiger partial charge is 0.456 e. The predicted octanol–water partition coefficient (Wildman–Crippen LogP) is 18.1. The topological polar surface area (TPSA) is 38.3 Å². The molecule has 7 heteroatoms. The molecule has 1 unspecified atom stereocenters. The van der Waals surface area contributed by atoms with E-state index in [2.05, 4.69) is 187 Å². The highest BCUT2D eigenvalue weighted by atomic mass is 31.2. The van der Waals surface area contributed by atoms with E-state index in [0.29, 0.717) is 8.73 Å². The van der Waals surface area contributed by atoms with Crippen LogP contribution in [0.3, 0.4) is 0 Å². The molecule has 0 amide bonds. The number of furan rings is 2. The summed E-state index contributed by atoms with van der Waals surface area (Å²) in [5.41, 5.74) is 5.79. The van der Waals surface area contributed by atoms with Crippen LogP contribution in [0, 0.1) is 0 Å². The quantitative estimate of drug-likeness (QED) is 0.0392. The number of para-hydroxylation sites is 4. The standard InChI is InChI=1S/C63H83NO2P2Si2/c1-8-14-42-69(43-15-9-2,44-16-10-3)51-38-34-49(35-39-51)68(50-36-40-52(41-37-50)70(45-17-11-4,46-18-12-5)47-19-13-6)64-67-48-63(7,57-30-24-28-55-53-26-20-22-32-59(53)65-61(55)57)58-31-25-29-56-54-27-21-23-33-60(54)66-62(56)58/h20-41,64,67H,8-19,42-48H2,1-7H3. The maximum Gasteiger partial charge on any atom is 0.139 e. The first-order valence-corrected chi connectivity index (χ1v) is 35.4. The number of hydrogen-bond donors (Lipinski definition) is 1. The molecule has 0 fully saturated rings. The van der Waals surface area contributed by atoms with Crippen LogP contribution in [0.15, 0.2) is 142 Å². The molecule has 0 saturated heterocycles. The maximum atomic E-state index is 6.87. The van der Waals surface area contributed by atoms with Crippen molar-refractivity contribution in [2.24, 2.45) is 0 Å². The first kappa shape index (κ1) is 52.5. The minimum atomic E-state index is -1.65. The number of hydrogen-bond acceptors (Lipinski definition) is 3. The molecule has 1 atom stereocenters. The van der Waals surface area contributed by atoms with Crippen LogP contribution in [0.4, 0.5) is 0 Å². The van der Waals surface area contributed by atoms with Gasteiger partial charge < -0.3 is 8.83 Å². The van der Waals surface area contributed by atoms with E-state index in [9.17, 15) is 0 Å². The van der Waals surface area contributed by atoms with Crippen LogP contribution in [0.2, 0.25) is 36.3 Å². The first-order valence-electron chi connectivity index (χ1n) is 27.6. The van der Waals surface area contributed by atoms with Crippen molar-refractivity contribution in [3.63, 3.8) is 0 Å². The minimum absolute atomic E-state index is 0.437. The molecule has 0 bridgehead atoms. The highest BCUT2D eigenvalue weighted by Crippen LogP contribution is 2.47. The third-order valence-electron chi connectivity index (χ3n) is 16.2. The molecule has 8 aromatic rings. The second kappa shape index (κ2) is 24.7. The number of rotatable bonds is 28. The summed E-state index contributed by atoms with van der Waals surface area (Å²) in [5.74, 6) is 0. The molecule has 3 nitrogen and oxygen atoms in total. The van der Waals surface area contributed by atoms with Gasteiger partial charge in [-0.2, -0.15) is 0 Å². The van der Waals surface area contributed by atoms with Crippen LogP contribution in [0.5, 0.6) is 0 Å². The van der Waals surface area contributed by atoms with Gasteiger partial charge in [0.2, 0.25) is 0 Å². The molecule has 1 N–H and O–H groups in total. The minimum Gasteiger partial charge on any atom is -0.456 e. The second-order valence-electron chi connectivity index (χ2n) is 21.0. The van der Waals surface area contributed by atoms with Gasteiger partial charge in [0.1, 0.15) is 22.3 Å². The number of nitrogens with one attached hydrogen (secondary N) is 1. The van der Waals surface area contributed by atoms with Crippen molar-refractivity contribution in [1.29, 1.82) is 0 Å². The number of unbranched alkanes of at least 4 members (excludes halogenated alkanes) is 6. The lowest BCUT2D eigenvalue weighted by Gasteiger charge is -2.34. The van der Waals surface area contributed by atoms with Gasteiger partial charge in [-0.25, -0.2) is 0 Å². The molecule has 0 aliphatic carbocycles. The van der Waals surface area contributed by atoms with Crippen molar-refractivity contribution in [3.05, 3.63) is 145 Å². The Morgan fingerprint density at radius 3 is 1.13 bits per heavy atom. The smallest absolute Gasteiger partial charge is 0.139 e. The summed E-state index contributed by atoms with van der Waals surface area (Å²) in [6.07, 6.45) is 16.7. The molecule has 0 radical (unpaired) electrons. The Bertz CT molecular complexity index is 2650. The Hall–Kier alpha value is -3.83. The molecule has 6 aromatic carbocycles. The zero-order valence-electron chi connectivity index (χ0n) is 43.9. The van der Waals surface area contributed by atoms with E-state index in [1.54, 1.807) is 10.4 Å². The van der Waals surface area contributed by atoms with E-state index >= 15 is 0 Å². The molecule has 0 saturated carbocycles. The average Bonchev–Trinajstić information content (AvgIpc) is 3.99. The molecule has 70 heavy (non-hydrogen) atoms. The number of fused-ring (bicyclic) bond motifs is 6. The van der Waals surface area contributed by atoms with E-state index < -0.39 is 29.6 Å². The number of benzene rings is 6. The van der Waals surface area contributed by atoms with Crippen LogP contribution < -0.4 is 25.8 Å². The zero-order chi connectivity index (χ0) is 49.0. The van der Waals surface area contributed by atoms with E-state index in [0.717, 1.165) is 39.3 Å². The fourth-order valence-corrected chi connectivity index (χ4v) is 27.0. The van der Waals surface area contributed by atoms with Crippen molar-refractivity contribution >= 4 is 97.8 Å². The summed E-state index contributed by atoms with van der Waals surface area (Å²) >= 11 is 0. The lowest BCUT2D eigenvalue weighted by Crippen LogP contribution is -2.48. The van der Waals surface area contributed by atoms with Gasteiger partial charge in [-0.3, -0.25) is 4.86 Å². The van der Waals surface area contributed by atoms with Gasteiger partial charge in [-0.05, 0) is 37.6 Å². The first-order chi connectivity index (χ1) is 34.3. The highest BCUT2D eigenvalue weighted by Gasteiger charge is 2.37. The molecular weight excluding hydrogens is 921 g/mol. The molecule has 0 aliphatic heterocycles. The Balaban J connectivity index is 1.22. The monoisotopic (exact) mass is 1000 g/mol. The second-order valence-corrected chi connectivity index (χ2v) is 33.6. The van der Waals surface area contributed by atoms with Gasteiger partial charge in [0, 0.05) is 46.2 Å². The van der Waals surface area contributed by atoms with Gasteiger partial charge in [-0.15, -0.1) is 0 Å². The Labute approximate surface area is 427 Å². The molecule has 370 valence electrons. The maximum absolute atomic E-state index is 6.87. The summed E-state index contributed by atoms with van der Waals surface area (Å²) in [6, 6.07) is 59.8. The molecule has 8 rings (SSSR count). The molecule has 0 aliphatic rings. The van der Waals surface area contributed by atoms with Crippen LogP contribution in [0.25, 0.3) is 43.9 Å². The summed E-state index contributed by atoms with van der Waals surface area (Å²) in [6.45, 7) is 16.8. The van der Waals surface area contributed by atoms with E-state index in [-0.39, 0.29) is 0 Å². The van der Waals surface area contributed by atoms with Crippen LogP contribution >= 0.6 is 16.8 Å². The Morgan fingerprint density at radius 2 is 0.771 bits per heavy atom. The van der Waals surface area contributed by atoms with Gasteiger partial charge in [0.15, 0.2) is 0 Å². The fraction of sp³-hybridized carbons (Fsp3) is 0.429. The van der Waals surface area contributed by atoms with Gasteiger partial charge in [0.25, 0.3) is 0 Å².